The van der Waals surface area contributed by atoms with E-state index in [1.54, 1.807) is 25.4 Å². The van der Waals surface area contributed by atoms with E-state index in [9.17, 15) is 8.42 Å². The molecule has 1 atom stereocenters. The van der Waals surface area contributed by atoms with E-state index in [0.29, 0.717) is 21.5 Å². The smallest absolute Gasteiger partial charge is 0.214 e. The zero-order chi connectivity index (χ0) is 21.3. The van der Waals surface area contributed by atoms with Crippen LogP contribution < -0.4 is 14.6 Å². The van der Waals surface area contributed by atoms with E-state index >= 15 is 0 Å². The number of pyridine rings is 1. The number of piperidine rings is 1. The van der Waals surface area contributed by atoms with Crippen molar-refractivity contribution < 1.29 is 18.1 Å². The number of H-pyrrole nitrogens is 1. The second-order valence-electron chi connectivity index (χ2n) is 8.11. The second kappa shape index (κ2) is 8.26. The number of sulfone groups is 1. The highest BCUT2D eigenvalue weighted by molar-refractivity contribution is 7.91. The third kappa shape index (κ3) is 3.76. The van der Waals surface area contributed by atoms with E-state index in [1.807, 2.05) is 30.3 Å². The molecule has 1 aliphatic rings. The molecule has 0 amide bonds. The van der Waals surface area contributed by atoms with Crippen LogP contribution in [-0.4, -0.2) is 28.6 Å². The number of anilines is 1. The van der Waals surface area contributed by atoms with Crippen LogP contribution in [0.1, 0.15) is 32.3 Å². The van der Waals surface area contributed by atoms with Gasteiger partial charge in [0.15, 0.2) is 11.1 Å². The molecule has 2 aromatic carbocycles. The summed E-state index contributed by atoms with van der Waals surface area (Å²) >= 11 is 0. The average Bonchev–Trinajstić information content (AvgIpc) is 2.77. The van der Waals surface area contributed by atoms with Gasteiger partial charge in [-0.2, -0.15) is 0 Å². The maximum absolute atomic E-state index is 13.7. The van der Waals surface area contributed by atoms with Gasteiger partial charge >= 0.3 is 0 Å². The number of ether oxygens (including phenoxy) is 1. The molecule has 6 heteroatoms. The molecule has 0 spiro atoms. The van der Waals surface area contributed by atoms with Crippen LogP contribution in [0, 0.1) is 5.92 Å². The van der Waals surface area contributed by atoms with Gasteiger partial charge in [0.2, 0.25) is 15.4 Å². The number of fused-ring (bicyclic) bond motifs is 1. The molecule has 1 aromatic heterocycles. The number of methoxy groups -OCH3 is 1. The Kier molecular flexibility index (Phi) is 5.69. The maximum atomic E-state index is 13.7. The van der Waals surface area contributed by atoms with Crippen LogP contribution >= 0.6 is 0 Å². The monoisotopic (exact) mass is 425 g/mol. The zero-order valence-electron chi connectivity index (χ0n) is 17.8. The van der Waals surface area contributed by atoms with Gasteiger partial charge in [-0.25, -0.2) is 13.4 Å². The fourth-order valence-electron chi connectivity index (χ4n) is 4.27. The number of rotatable bonds is 5. The third-order valence-corrected chi connectivity index (χ3v) is 7.76. The molecule has 4 rings (SSSR count). The fourth-order valence-corrected chi connectivity index (χ4v) is 5.73. The van der Waals surface area contributed by atoms with E-state index in [-0.39, 0.29) is 0 Å². The molecule has 3 aromatic rings. The van der Waals surface area contributed by atoms with E-state index in [4.69, 9.17) is 4.74 Å². The van der Waals surface area contributed by atoms with Crippen molar-refractivity contribution in [1.82, 2.24) is 0 Å². The Labute approximate surface area is 178 Å². The maximum Gasteiger partial charge on any atom is 0.214 e. The first-order valence-electron chi connectivity index (χ1n) is 10.6. The highest BCUT2D eigenvalue weighted by Crippen LogP contribution is 2.38. The molecule has 0 radical (unpaired) electrons. The standard InChI is InChI=1S/C24H28N2O3S/c1-4-18-7-10-20(11-8-18)30(27,28)23-15-25-22-12-9-19(29-3)14-21(22)24(23)26-13-5-6-17(2)16-26/h7-12,14-15,17H,4-6,13,16H2,1-3H3/p+1/t17-/m0/s1. The van der Waals surface area contributed by atoms with Gasteiger partial charge in [0.25, 0.3) is 0 Å². The lowest BCUT2D eigenvalue weighted by molar-refractivity contribution is -0.347. The van der Waals surface area contributed by atoms with Crippen molar-refractivity contribution in [1.29, 1.82) is 0 Å². The predicted molar refractivity (Wildman–Crippen MR) is 119 cm³/mol. The van der Waals surface area contributed by atoms with Crippen molar-refractivity contribution in [3.05, 3.63) is 54.2 Å². The third-order valence-electron chi connectivity index (χ3n) is 5.98. The van der Waals surface area contributed by atoms with Gasteiger partial charge in [0.1, 0.15) is 5.75 Å². The summed E-state index contributed by atoms with van der Waals surface area (Å²) in [6, 6.07) is 13.0. The number of nitrogens with zero attached hydrogens (tertiary/aromatic N) is 1. The Hall–Kier alpha value is -2.60. The van der Waals surface area contributed by atoms with Crippen molar-refractivity contribution in [3.8, 4) is 5.75 Å². The molecule has 0 unspecified atom stereocenters. The summed E-state index contributed by atoms with van der Waals surface area (Å²) < 4.78 is 32.8. The van der Waals surface area contributed by atoms with Gasteiger partial charge in [0, 0.05) is 19.2 Å². The van der Waals surface area contributed by atoms with Crippen molar-refractivity contribution in [2.24, 2.45) is 5.92 Å². The fraction of sp³-hybridized carbons (Fsp3) is 0.375. The SMILES string of the molecule is CCc1ccc(S(=O)(=O)c2c[nH+]c3ccc(OC)cc3c2N2CCC[C@H](C)C2)cc1. The molecule has 0 saturated carbocycles. The van der Waals surface area contributed by atoms with Crippen LogP contribution in [0.4, 0.5) is 5.69 Å². The lowest BCUT2D eigenvalue weighted by Crippen LogP contribution is -2.35. The van der Waals surface area contributed by atoms with E-state index in [2.05, 4.69) is 23.7 Å². The second-order valence-corrected chi connectivity index (χ2v) is 10.0. The topological polar surface area (TPSA) is 60.8 Å². The van der Waals surface area contributed by atoms with E-state index in [0.717, 1.165) is 54.5 Å². The molecule has 5 nitrogen and oxygen atoms in total. The highest BCUT2D eigenvalue weighted by atomic mass is 32.2. The van der Waals surface area contributed by atoms with Crippen LogP contribution in [0.15, 0.2) is 58.5 Å². The molecule has 158 valence electrons. The minimum atomic E-state index is -3.69. The molecular weight excluding hydrogens is 396 g/mol. The van der Waals surface area contributed by atoms with Gasteiger partial charge in [-0.15, -0.1) is 0 Å². The van der Waals surface area contributed by atoms with Crippen molar-refractivity contribution in [2.75, 3.05) is 25.1 Å². The Morgan fingerprint density at radius 2 is 1.93 bits per heavy atom. The number of nitrogens with one attached hydrogen (secondary N) is 1. The van der Waals surface area contributed by atoms with E-state index in [1.165, 1.54) is 0 Å². The number of benzene rings is 2. The Morgan fingerprint density at radius 3 is 2.60 bits per heavy atom. The first-order chi connectivity index (χ1) is 14.4. The molecule has 30 heavy (non-hydrogen) atoms. The number of hydrogen-bond donors (Lipinski definition) is 0. The number of aryl methyl sites for hydroxylation is 1. The summed E-state index contributed by atoms with van der Waals surface area (Å²) in [4.78, 5) is 6.07. The summed E-state index contributed by atoms with van der Waals surface area (Å²) in [5.74, 6) is 1.23. The molecule has 0 bridgehead atoms. The lowest BCUT2D eigenvalue weighted by atomic mass is 9.99. The number of aromatic nitrogens is 1. The molecule has 1 fully saturated rings. The van der Waals surface area contributed by atoms with Crippen molar-refractivity contribution in [2.45, 2.75) is 42.9 Å². The Morgan fingerprint density at radius 1 is 1.17 bits per heavy atom. The van der Waals surface area contributed by atoms with Crippen molar-refractivity contribution >= 4 is 26.4 Å². The van der Waals surface area contributed by atoms with Crippen LogP contribution in [0.5, 0.6) is 5.75 Å². The quantitative estimate of drug-likeness (QED) is 0.612. The predicted octanol–water partition coefficient (Wildman–Crippen LogP) is 4.29. The van der Waals surface area contributed by atoms with Gasteiger partial charge in [0.05, 0.1) is 23.1 Å². The van der Waals surface area contributed by atoms with Crippen LogP contribution in [0.25, 0.3) is 10.9 Å². The van der Waals surface area contributed by atoms with Gasteiger partial charge in [-0.05, 0) is 55.0 Å². The van der Waals surface area contributed by atoms with Gasteiger partial charge < -0.3 is 9.64 Å². The summed E-state index contributed by atoms with van der Waals surface area (Å²) in [5.41, 5.74) is 2.78. The van der Waals surface area contributed by atoms with Crippen molar-refractivity contribution in [3.63, 3.8) is 0 Å². The average molecular weight is 426 g/mol. The number of hydrogen-bond acceptors (Lipinski definition) is 4. The summed E-state index contributed by atoms with van der Waals surface area (Å²) in [6.07, 6.45) is 4.74. The van der Waals surface area contributed by atoms with Gasteiger partial charge in [-0.3, -0.25) is 0 Å². The lowest BCUT2D eigenvalue weighted by Gasteiger charge is -2.34. The van der Waals surface area contributed by atoms with Crippen LogP contribution in [-0.2, 0) is 16.3 Å². The molecular formula is C24H29N2O3S+. The van der Waals surface area contributed by atoms with Crippen LogP contribution in [0.2, 0.25) is 0 Å². The molecule has 0 aliphatic carbocycles. The summed E-state index contributed by atoms with van der Waals surface area (Å²) in [7, 11) is -2.06. The first-order valence-corrected chi connectivity index (χ1v) is 12.0. The summed E-state index contributed by atoms with van der Waals surface area (Å²) in [6.45, 7) is 5.97. The molecule has 1 N–H and O–H groups in total. The molecule has 1 saturated heterocycles. The van der Waals surface area contributed by atoms with Crippen LogP contribution in [0.3, 0.4) is 0 Å². The number of aromatic amines is 1. The molecule has 1 aliphatic heterocycles. The van der Waals surface area contributed by atoms with Gasteiger partial charge in [-0.1, -0.05) is 26.0 Å². The minimum absolute atomic E-state index is 0.321. The first kappa shape index (κ1) is 20.7. The molecule has 2 heterocycles. The Balaban J connectivity index is 1.94. The minimum Gasteiger partial charge on any atom is -0.497 e. The highest BCUT2D eigenvalue weighted by Gasteiger charge is 2.31. The normalized spacial score (nSPS) is 17.3. The largest absolute Gasteiger partial charge is 0.497 e. The summed E-state index contributed by atoms with van der Waals surface area (Å²) in [5, 5.41) is 0.870. The zero-order valence-corrected chi connectivity index (χ0v) is 18.6. The van der Waals surface area contributed by atoms with E-state index < -0.39 is 9.84 Å². The Bertz CT molecular complexity index is 1160.